The van der Waals surface area contributed by atoms with Crippen LogP contribution in [0.1, 0.15) is 31.1 Å². The van der Waals surface area contributed by atoms with Gasteiger partial charge in [0.2, 0.25) is 0 Å². The summed E-state index contributed by atoms with van der Waals surface area (Å²) >= 11 is 0. The lowest BCUT2D eigenvalue weighted by Gasteiger charge is -2.13. The Bertz CT molecular complexity index is 1050. The molecule has 1 aliphatic rings. The van der Waals surface area contributed by atoms with Gasteiger partial charge in [-0.3, -0.25) is 14.5 Å². The highest BCUT2D eigenvalue weighted by Gasteiger charge is 2.34. The summed E-state index contributed by atoms with van der Waals surface area (Å²) in [5.74, 6) is -1.09. The van der Waals surface area contributed by atoms with Crippen LogP contribution in [0.2, 0.25) is 0 Å². The zero-order chi connectivity index (χ0) is 20.4. The van der Waals surface area contributed by atoms with Crippen LogP contribution >= 0.6 is 0 Å². The Morgan fingerprint density at radius 1 is 0.793 bits per heavy atom. The lowest BCUT2D eigenvalue weighted by molar-refractivity contribution is 0.0420. The molecular weight excluding hydrogens is 370 g/mol. The molecular formula is C23H17NO5. The number of esters is 1. The zero-order valence-electron chi connectivity index (χ0n) is 15.4. The molecule has 0 fully saturated rings. The third kappa shape index (κ3) is 3.60. The number of hydrogen-bond acceptors (Lipinski definition) is 5. The molecule has 3 aromatic carbocycles. The van der Waals surface area contributed by atoms with Crippen LogP contribution in [0.25, 0.3) is 11.1 Å². The Labute approximate surface area is 167 Å². The fraction of sp³-hybridized carbons (Fsp3) is 0.0870. The SMILES string of the molecule is O=C(OCCN1C(=O)c2ccccc2C1=O)c1ccc(-c2ccc(O)cc2)cc1. The fourth-order valence-electron chi connectivity index (χ4n) is 3.21. The summed E-state index contributed by atoms with van der Waals surface area (Å²) in [6.07, 6.45) is 0. The number of benzene rings is 3. The van der Waals surface area contributed by atoms with E-state index in [1.165, 1.54) is 0 Å². The molecule has 1 N–H and O–H groups in total. The van der Waals surface area contributed by atoms with Gasteiger partial charge < -0.3 is 9.84 Å². The molecule has 2 amide bonds. The average Bonchev–Trinajstić information content (AvgIpc) is 2.99. The Hall–Kier alpha value is -3.93. The van der Waals surface area contributed by atoms with Gasteiger partial charge in [-0.05, 0) is 47.5 Å². The molecule has 0 spiro atoms. The number of fused-ring (bicyclic) bond motifs is 1. The van der Waals surface area contributed by atoms with Crippen LogP contribution < -0.4 is 0 Å². The summed E-state index contributed by atoms with van der Waals surface area (Å²) < 4.78 is 5.23. The Kier molecular flexibility index (Phi) is 4.83. The molecule has 4 rings (SSSR count). The number of hydrogen-bond donors (Lipinski definition) is 1. The number of aromatic hydroxyl groups is 1. The van der Waals surface area contributed by atoms with E-state index in [-0.39, 0.29) is 30.7 Å². The first-order valence-electron chi connectivity index (χ1n) is 9.06. The van der Waals surface area contributed by atoms with E-state index in [0.717, 1.165) is 16.0 Å². The minimum absolute atomic E-state index is 0.00365. The monoisotopic (exact) mass is 387 g/mol. The Morgan fingerprint density at radius 3 is 1.86 bits per heavy atom. The van der Waals surface area contributed by atoms with Crippen molar-refractivity contribution in [2.24, 2.45) is 0 Å². The molecule has 144 valence electrons. The minimum Gasteiger partial charge on any atom is -0.508 e. The van der Waals surface area contributed by atoms with E-state index in [0.29, 0.717) is 16.7 Å². The van der Waals surface area contributed by atoms with E-state index < -0.39 is 5.97 Å². The van der Waals surface area contributed by atoms with E-state index >= 15 is 0 Å². The maximum atomic E-state index is 12.3. The van der Waals surface area contributed by atoms with Crippen LogP contribution in [0.15, 0.2) is 72.8 Å². The normalized spacial score (nSPS) is 12.8. The van der Waals surface area contributed by atoms with Gasteiger partial charge >= 0.3 is 5.97 Å². The van der Waals surface area contributed by atoms with Gasteiger partial charge in [-0.25, -0.2) is 4.79 Å². The van der Waals surface area contributed by atoms with Crippen LogP contribution in [0.5, 0.6) is 5.75 Å². The second-order valence-corrected chi connectivity index (χ2v) is 6.57. The molecule has 0 bridgehead atoms. The molecule has 0 atom stereocenters. The second kappa shape index (κ2) is 7.59. The molecule has 3 aromatic rings. The summed E-state index contributed by atoms with van der Waals surface area (Å²) in [7, 11) is 0. The molecule has 0 aliphatic carbocycles. The number of imide groups is 1. The van der Waals surface area contributed by atoms with Crippen LogP contribution in [0, 0.1) is 0 Å². The predicted octanol–water partition coefficient (Wildman–Crippen LogP) is 3.51. The molecule has 1 heterocycles. The maximum absolute atomic E-state index is 12.3. The largest absolute Gasteiger partial charge is 0.508 e. The average molecular weight is 387 g/mol. The molecule has 0 radical (unpaired) electrons. The van der Waals surface area contributed by atoms with E-state index in [9.17, 15) is 19.5 Å². The highest BCUT2D eigenvalue weighted by atomic mass is 16.5. The highest BCUT2D eigenvalue weighted by molar-refractivity contribution is 6.21. The van der Waals surface area contributed by atoms with Gasteiger partial charge in [0.05, 0.1) is 23.2 Å². The molecule has 0 aromatic heterocycles. The van der Waals surface area contributed by atoms with Crippen molar-refractivity contribution < 1.29 is 24.2 Å². The maximum Gasteiger partial charge on any atom is 0.338 e. The van der Waals surface area contributed by atoms with Crippen LogP contribution in [0.3, 0.4) is 0 Å². The van der Waals surface area contributed by atoms with Crippen molar-refractivity contribution in [1.82, 2.24) is 4.90 Å². The fourth-order valence-corrected chi connectivity index (χ4v) is 3.21. The quantitative estimate of drug-likeness (QED) is 0.535. The molecule has 6 nitrogen and oxygen atoms in total. The number of amides is 2. The number of carbonyl (C=O) groups is 3. The van der Waals surface area contributed by atoms with Crippen molar-refractivity contribution >= 4 is 17.8 Å². The Balaban J connectivity index is 1.35. The molecule has 29 heavy (non-hydrogen) atoms. The van der Waals surface area contributed by atoms with E-state index in [1.54, 1.807) is 72.8 Å². The highest BCUT2D eigenvalue weighted by Crippen LogP contribution is 2.23. The summed E-state index contributed by atoms with van der Waals surface area (Å²) in [4.78, 5) is 37.9. The van der Waals surface area contributed by atoms with Gasteiger partial charge in [0.1, 0.15) is 12.4 Å². The predicted molar refractivity (Wildman–Crippen MR) is 106 cm³/mol. The first-order valence-corrected chi connectivity index (χ1v) is 9.06. The number of carbonyl (C=O) groups excluding carboxylic acids is 3. The smallest absolute Gasteiger partial charge is 0.338 e. The van der Waals surface area contributed by atoms with Crippen molar-refractivity contribution in [3.05, 3.63) is 89.5 Å². The first-order chi connectivity index (χ1) is 14.0. The number of nitrogens with zero attached hydrogens (tertiary/aromatic N) is 1. The van der Waals surface area contributed by atoms with Crippen LogP contribution in [-0.2, 0) is 4.74 Å². The van der Waals surface area contributed by atoms with E-state index in [1.807, 2.05) is 0 Å². The topological polar surface area (TPSA) is 83.9 Å². The molecule has 0 unspecified atom stereocenters. The van der Waals surface area contributed by atoms with Crippen molar-refractivity contribution in [1.29, 1.82) is 0 Å². The third-order valence-corrected chi connectivity index (χ3v) is 4.75. The first kappa shape index (κ1) is 18.4. The van der Waals surface area contributed by atoms with Gasteiger partial charge in [-0.1, -0.05) is 36.4 Å². The summed E-state index contributed by atoms with van der Waals surface area (Å²) in [6.45, 7) is -0.0757. The van der Waals surface area contributed by atoms with Gasteiger partial charge in [-0.2, -0.15) is 0 Å². The van der Waals surface area contributed by atoms with Crippen molar-refractivity contribution in [3.63, 3.8) is 0 Å². The Morgan fingerprint density at radius 2 is 1.31 bits per heavy atom. The van der Waals surface area contributed by atoms with E-state index in [2.05, 4.69) is 0 Å². The molecule has 0 saturated heterocycles. The van der Waals surface area contributed by atoms with Gasteiger partial charge in [0.15, 0.2) is 0 Å². The third-order valence-electron chi connectivity index (χ3n) is 4.75. The van der Waals surface area contributed by atoms with Gasteiger partial charge in [0.25, 0.3) is 11.8 Å². The van der Waals surface area contributed by atoms with Gasteiger partial charge in [-0.15, -0.1) is 0 Å². The molecule has 6 heteroatoms. The molecule has 1 aliphatic heterocycles. The minimum atomic E-state index is -0.529. The lowest BCUT2D eigenvalue weighted by Crippen LogP contribution is -2.33. The molecule has 0 saturated carbocycles. The van der Waals surface area contributed by atoms with Crippen molar-refractivity contribution in [2.45, 2.75) is 0 Å². The lowest BCUT2D eigenvalue weighted by atomic mass is 10.0. The number of phenols is 1. The summed E-state index contributed by atoms with van der Waals surface area (Å²) in [5.41, 5.74) is 2.91. The van der Waals surface area contributed by atoms with Crippen LogP contribution in [0.4, 0.5) is 0 Å². The van der Waals surface area contributed by atoms with Gasteiger partial charge in [0, 0.05) is 0 Å². The van der Waals surface area contributed by atoms with Crippen molar-refractivity contribution in [3.8, 4) is 16.9 Å². The van der Waals surface area contributed by atoms with Crippen molar-refractivity contribution in [2.75, 3.05) is 13.2 Å². The van der Waals surface area contributed by atoms with E-state index in [4.69, 9.17) is 4.74 Å². The summed E-state index contributed by atoms with van der Waals surface area (Å²) in [6, 6.07) is 20.2. The zero-order valence-corrected chi connectivity index (χ0v) is 15.4. The number of rotatable bonds is 5. The second-order valence-electron chi connectivity index (χ2n) is 6.57. The number of ether oxygens (including phenoxy) is 1. The standard InChI is InChI=1S/C23H17NO5/c25-18-11-9-16(10-12-18)15-5-7-17(8-6-15)23(28)29-14-13-24-21(26)19-3-1-2-4-20(19)22(24)27/h1-12,25H,13-14H2. The van der Waals surface area contributed by atoms with Crippen LogP contribution in [-0.4, -0.2) is 40.9 Å². The summed E-state index contributed by atoms with van der Waals surface area (Å²) in [5, 5.41) is 9.36. The number of phenolic OH excluding ortho intramolecular Hbond substituents is 1.